The van der Waals surface area contributed by atoms with Crippen molar-refractivity contribution in [3.8, 4) is 0 Å². The van der Waals surface area contributed by atoms with E-state index < -0.39 is 25.0 Å². The second-order valence-corrected chi connectivity index (χ2v) is 9.82. The van der Waals surface area contributed by atoms with Gasteiger partial charge < -0.3 is 4.74 Å². The second kappa shape index (κ2) is 8.45. The SMILES string of the molecule is O=[N+]([O-])c1ccc(S(=O)(=O)Nc2ccc(S(=O)(=O)NCC3CCCO3)cc2)cc1. The van der Waals surface area contributed by atoms with E-state index in [2.05, 4.69) is 9.44 Å². The van der Waals surface area contributed by atoms with Gasteiger partial charge in [0, 0.05) is 31.0 Å². The quantitative estimate of drug-likeness (QED) is 0.470. The van der Waals surface area contributed by atoms with Crippen LogP contribution in [0, 0.1) is 10.1 Å². The van der Waals surface area contributed by atoms with Crippen molar-refractivity contribution in [2.75, 3.05) is 17.9 Å². The molecule has 1 fully saturated rings. The Morgan fingerprint density at radius 1 is 0.966 bits per heavy atom. The summed E-state index contributed by atoms with van der Waals surface area (Å²) in [6.45, 7) is 0.798. The van der Waals surface area contributed by atoms with Gasteiger partial charge in [-0.25, -0.2) is 21.6 Å². The molecule has 0 radical (unpaired) electrons. The zero-order valence-electron chi connectivity index (χ0n) is 15.1. The van der Waals surface area contributed by atoms with Crippen molar-refractivity contribution in [3.05, 3.63) is 58.6 Å². The van der Waals surface area contributed by atoms with Crippen LogP contribution in [0.2, 0.25) is 0 Å². The third-order valence-corrected chi connectivity index (χ3v) is 7.14. The van der Waals surface area contributed by atoms with Crippen LogP contribution in [0.25, 0.3) is 0 Å². The summed E-state index contributed by atoms with van der Waals surface area (Å²) in [6, 6.07) is 9.63. The van der Waals surface area contributed by atoms with Crippen LogP contribution in [0.1, 0.15) is 12.8 Å². The van der Waals surface area contributed by atoms with E-state index in [1.54, 1.807) is 0 Å². The third-order valence-electron chi connectivity index (χ3n) is 4.30. The van der Waals surface area contributed by atoms with E-state index in [0.29, 0.717) is 6.61 Å². The molecule has 1 saturated heterocycles. The van der Waals surface area contributed by atoms with Gasteiger partial charge in [0.2, 0.25) is 10.0 Å². The molecule has 0 aromatic heterocycles. The highest BCUT2D eigenvalue weighted by Gasteiger charge is 2.21. The summed E-state index contributed by atoms with van der Waals surface area (Å²) >= 11 is 0. The van der Waals surface area contributed by atoms with Gasteiger partial charge >= 0.3 is 0 Å². The van der Waals surface area contributed by atoms with Crippen molar-refractivity contribution in [2.45, 2.75) is 28.7 Å². The van der Waals surface area contributed by atoms with Crippen LogP contribution >= 0.6 is 0 Å². The Kier molecular flexibility index (Phi) is 6.17. The lowest BCUT2D eigenvalue weighted by Gasteiger charge is -2.12. The van der Waals surface area contributed by atoms with Crippen LogP contribution in [-0.2, 0) is 24.8 Å². The number of anilines is 1. The van der Waals surface area contributed by atoms with E-state index in [9.17, 15) is 26.9 Å². The Labute approximate surface area is 168 Å². The fraction of sp³-hybridized carbons (Fsp3) is 0.294. The second-order valence-electron chi connectivity index (χ2n) is 6.37. The van der Waals surface area contributed by atoms with Crippen molar-refractivity contribution in [1.29, 1.82) is 0 Å². The summed E-state index contributed by atoms with van der Waals surface area (Å²) < 4.78 is 59.6. The average Bonchev–Trinajstić information content (AvgIpc) is 3.20. The Hall–Kier alpha value is -2.54. The van der Waals surface area contributed by atoms with Gasteiger partial charge in [-0.05, 0) is 49.2 Å². The lowest BCUT2D eigenvalue weighted by Crippen LogP contribution is -2.31. The minimum absolute atomic E-state index is 0.00576. The highest BCUT2D eigenvalue weighted by atomic mass is 32.2. The predicted octanol–water partition coefficient (Wildman–Crippen LogP) is 1.85. The van der Waals surface area contributed by atoms with Gasteiger partial charge in [-0.15, -0.1) is 0 Å². The maximum absolute atomic E-state index is 12.4. The van der Waals surface area contributed by atoms with Crippen LogP contribution in [-0.4, -0.2) is 41.0 Å². The van der Waals surface area contributed by atoms with Crippen LogP contribution < -0.4 is 9.44 Å². The summed E-state index contributed by atoms with van der Waals surface area (Å²) in [7, 11) is -7.72. The van der Waals surface area contributed by atoms with E-state index in [-0.39, 0.29) is 33.8 Å². The number of benzene rings is 2. The molecule has 1 aliphatic heterocycles. The first kappa shape index (κ1) is 21.2. The molecule has 156 valence electrons. The number of rotatable bonds is 8. The maximum Gasteiger partial charge on any atom is 0.269 e. The van der Waals surface area contributed by atoms with E-state index in [1.807, 2.05) is 0 Å². The smallest absolute Gasteiger partial charge is 0.269 e. The monoisotopic (exact) mass is 441 g/mol. The van der Waals surface area contributed by atoms with E-state index in [0.717, 1.165) is 37.1 Å². The number of hydrogen-bond donors (Lipinski definition) is 2. The van der Waals surface area contributed by atoms with Crippen LogP contribution in [0.5, 0.6) is 0 Å². The van der Waals surface area contributed by atoms with E-state index in [1.165, 1.54) is 24.3 Å². The highest BCUT2D eigenvalue weighted by molar-refractivity contribution is 7.92. The first-order chi connectivity index (χ1) is 13.7. The van der Waals surface area contributed by atoms with Crippen molar-refractivity contribution in [2.24, 2.45) is 0 Å². The molecule has 1 atom stereocenters. The van der Waals surface area contributed by atoms with Gasteiger partial charge in [-0.3, -0.25) is 14.8 Å². The molecular formula is C17H19N3O7S2. The number of nitro benzene ring substituents is 1. The maximum atomic E-state index is 12.4. The molecule has 0 spiro atoms. The van der Waals surface area contributed by atoms with Gasteiger partial charge in [0.15, 0.2) is 0 Å². The molecule has 1 heterocycles. The van der Waals surface area contributed by atoms with Crippen molar-refractivity contribution >= 4 is 31.4 Å². The molecule has 1 unspecified atom stereocenters. The zero-order valence-corrected chi connectivity index (χ0v) is 16.8. The normalized spacial score (nSPS) is 17.2. The number of sulfonamides is 2. The number of hydrogen-bond acceptors (Lipinski definition) is 7. The summed E-state index contributed by atoms with van der Waals surface area (Å²) in [6.07, 6.45) is 1.56. The molecule has 29 heavy (non-hydrogen) atoms. The average molecular weight is 441 g/mol. The lowest BCUT2D eigenvalue weighted by atomic mass is 10.2. The predicted molar refractivity (Wildman–Crippen MR) is 105 cm³/mol. The van der Waals surface area contributed by atoms with Crippen LogP contribution in [0.4, 0.5) is 11.4 Å². The lowest BCUT2D eigenvalue weighted by molar-refractivity contribution is -0.384. The number of nitrogens with zero attached hydrogens (tertiary/aromatic N) is 1. The highest BCUT2D eigenvalue weighted by Crippen LogP contribution is 2.21. The first-order valence-electron chi connectivity index (χ1n) is 8.66. The fourth-order valence-corrected chi connectivity index (χ4v) is 4.88. The molecular weight excluding hydrogens is 422 g/mol. The number of nitro groups is 1. The van der Waals surface area contributed by atoms with Gasteiger partial charge in [0.05, 0.1) is 20.8 Å². The Morgan fingerprint density at radius 3 is 2.10 bits per heavy atom. The number of nitrogens with one attached hydrogen (secondary N) is 2. The zero-order chi connectivity index (χ0) is 21.1. The molecule has 0 saturated carbocycles. The molecule has 2 N–H and O–H groups in total. The fourth-order valence-electron chi connectivity index (χ4n) is 2.75. The molecule has 1 aliphatic rings. The Morgan fingerprint density at radius 2 is 1.55 bits per heavy atom. The topological polar surface area (TPSA) is 145 Å². The molecule has 3 rings (SSSR count). The first-order valence-corrected chi connectivity index (χ1v) is 11.6. The van der Waals surface area contributed by atoms with Crippen LogP contribution in [0.15, 0.2) is 58.3 Å². The van der Waals surface area contributed by atoms with E-state index >= 15 is 0 Å². The van der Waals surface area contributed by atoms with Gasteiger partial charge in [0.25, 0.3) is 15.7 Å². The Bertz CT molecular complexity index is 1080. The molecule has 0 bridgehead atoms. The molecule has 2 aromatic rings. The standard InChI is InChI=1S/C17H19N3O7S2/c21-20(22)14-5-9-17(10-6-14)29(25,26)19-13-3-7-16(8-4-13)28(23,24)18-12-15-2-1-11-27-15/h3-10,15,18-19H,1-2,11-12H2. The molecule has 12 heteroatoms. The van der Waals surface area contributed by atoms with Gasteiger partial charge in [-0.2, -0.15) is 0 Å². The molecule has 0 amide bonds. The number of non-ortho nitro benzene ring substituents is 1. The summed E-state index contributed by atoms with van der Waals surface area (Å²) in [5, 5.41) is 10.7. The summed E-state index contributed by atoms with van der Waals surface area (Å²) in [4.78, 5) is 9.88. The van der Waals surface area contributed by atoms with Crippen molar-refractivity contribution < 1.29 is 26.5 Å². The summed E-state index contributed by atoms with van der Waals surface area (Å²) in [5.41, 5.74) is -0.0737. The summed E-state index contributed by atoms with van der Waals surface area (Å²) in [5.74, 6) is 0. The van der Waals surface area contributed by atoms with Gasteiger partial charge in [-0.1, -0.05) is 0 Å². The third kappa shape index (κ3) is 5.29. The van der Waals surface area contributed by atoms with E-state index in [4.69, 9.17) is 4.74 Å². The minimum Gasteiger partial charge on any atom is -0.377 e. The largest absolute Gasteiger partial charge is 0.377 e. The molecule has 10 nitrogen and oxygen atoms in total. The minimum atomic E-state index is -3.98. The Balaban J connectivity index is 1.68. The number of ether oxygens (including phenoxy) is 1. The molecule has 0 aliphatic carbocycles. The molecule has 2 aromatic carbocycles. The van der Waals surface area contributed by atoms with Crippen LogP contribution in [0.3, 0.4) is 0 Å². The van der Waals surface area contributed by atoms with Crippen molar-refractivity contribution in [1.82, 2.24) is 4.72 Å². The van der Waals surface area contributed by atoms with Gasteiger partial charge in [0.1, 0.15) is 0 Å². The van der Waals surface area contributed by atoms with Crippen molar-refractivity contribution in [3.63, 3.8) is 0 Å².